The van der Waals surface area contributed by atoms with Crippen molar-refractivity contribution in [3.05, 3.63) is 76.3 Å². The summed E-state index contributed by atoms with van der Waals surface area (Å²) in [4.78, 5) is 0. The third-order valence-corrected chi connectivity index (χ3v) is 5.01. The predicted octanol–water partition coefficient (Wildman–Crippen LogP) is 6.15. The molecule has 148 valence electrons. The lowest BCUT2D eigenvalue weighted by Gasteiger charge is -2.06. The van der Waals surface area contributed by atoms with Gasteiger partial charge in [-0.15, -0.1) is 0 Å². The van der Waals surface area contributed by atoms with E-state index in [2.05, 4.69) is 5.32 Å². The third-order valence-electron chi connectivity index (χ3n) is 4.57. The first-order valence-corrected chi connectivity index (χ1v) is 9.72. The zero-order chi connectivity index (χ0) is 20.4. The monoisotopic (exact) mass is 427 g/mol. The first kappa shape index (κ1) is 19.4. The number of aromatic nitrogens is 2. The fourth-order valence-corrected chi connectivity index (χ4v) is 3.69. The average Bonchev–Trinajstić information content (AvgIpc) is 3.04. The molecule has 1 N–H and O–H groups in total. The van der Waals surface area contributed by atoms with Gasteiger partial charge in [-0.05, 0) is 54.1 Å². The summed E-state index contributed by atoms with van der Waals surface area (Å²) in [7, 11) is 3.30. The van der Waals surface area contributed by atoms with Crippen LogP contribution in [-0.4, -0.2) is 24.0 Å². The second kappa shape index (κ2) is 8.23. The fourth-order valence-electron chi connectivity index (χ4n) is 3.16. The van der Waals surface area contributed by atoms with E-state index in [4.69, 9.17) is 37.8 Å². The maximum Gasteiger partial charge on any atom is 0.160 e. The molecule has 1 aromatic heterocycles. The molecule has 29 heavy (non-hydrogen) atoms. The Balaban J connectivity index is 1.74. The molecule has 4 aromatic rings. The van der Waals surface area contributed by atoms with E-state index in [0.29, 0.717) is 22.4 Å². The number of hydrogen-bond acceptors (Lipinski definition) is 4. The molecular weight excluding hydrogens is 409 g/mol. The molecule has 3 aromatic carbocycles. The SMILES string of the molecule is COc1ccc(Cn2nc(Nc3cc(Cl)cc(Cl)c3)c3cc(OC)ccc32)cc1. The summed E-state index contributed by atoms with van der Waals surface area (Å²) in [6, 6.07) is 19.1. The van der Waals surface area contributed by atoms with Crippen molar-refractivity contribution in [1.82, 2.24) is 9.78 Å². The van der Waals surface area contributed by atoms with Crippen molar-refractivity contribution >= 4 is 45.6 Å². The maximum absolute atomic E-state index is 6.14. The lowest BCUT2D eigenvalue weighted by atomic mass is 10.2. The Morgan fingerprint density at radius 1 is 0.862 bits per heavy atom. The van der Waals surface area contributed by atoms with Crippen LogP contribution in [0.4, 0.5) is 11.5 Å². The van der Waals surface area contributed by atoms with Gasteiger partial charge in [0.15, 0.2) is 5.82 Å². The second-order valence-corrected chi connectivity index (χ2v) is 7.39. The summed E-state index contributed by atoms with van der Waals surface area (Å²) in [6.45, 7) is 0.616. The van der Waals surface area contributed by atoms with Crippen LogP contribution in [0.3, 0.4) is 0 Å². The van der Waals surface area contributed by atoms with Crippen LogP contribution in [0.15, 0.2) is 60.7 Å². The molecular formula is C22H19Cl2N3O2. The first-order valence-electron chi connectivity index (χ1n) is 8.96. The number of halogens is 2. The Labute approximate surface area is 178 Å². The number of methoxy groups -OCH3 is 2. The van der Waals surface area contributed by atoms with E-state index in [9.17, 15) is 0 Å². The zero-order valence-corrected chi connectivity index (χ0v) is 17.5. The molecule has 0 aliphatic heterocycles. The van der Waals surface area contributed by atoms with Gasteiger partial charge in [0.25, 0.3) is 0 Å². The molecule has 0 amide bonds. The fraction of sp³-hybridized carbons (Fsp3) is 0.136. The summed E-state index contributed by atoms with van der Waals surface area (Å²) in [5.74, 6) is 2.28. The minimum absolute atomic E-state index is 0.555. The molecule has 0 aliphatic carbocycles. The van der Waals surface area contributed by atoms with Crippen molar-refractivity contribution in [3.8, 4) is 11.5 Å². The number of hydrogen-bond donors (Lipinski definition) is 1. The molecule has 0 unspecified atom stereocenters. The molecule has 7 heteroatoms. The van der Waals surface area contributed by atoms with Gasteiger partial charge >= 0.3 is 0 Å². The summed E-state index contributed by atoms with van der Waals surface area (Å²) in [5, 5.41) is 10.2. The molecule has 0 spiro atoms. The van der Waals surface area contributed by atoms with E-state index in [1.807, 2.05) is 59.3 Å². The molecule has 0 bridgehead atoms. The lowest BCUT2D eigenvalue weighted by molar-refractivity contribution is 0.414. The van der Waals surface area contributed by atoms with Gasteiger partial charge in [-0.25, -0.2) is 0 Å². The van der Waals surface area contributed by atoms with Crippen molar-refractivity contribution in [2.24, 2.45) is 0 Å². The Bertz CT molecular complexity index is 1140. The van der Waals surface area contributed by atoms with Gasteiger partial charge in [-0.2, -0.15) is 5.10 Å². The van der Waals surface area contributed by atoms with Crippen LogP contribution in [-0.2, 0) is 6.54 Å². The summed E-state index contributed by atoms with van der Waals surface area (Å²) >= 11 is 12.3. The normalized spacial score (nSPS) is 10.9. The van der Waals surface area contributed by atoms with Gasteiger partial charge in [-0.1, -0.05) is 35.3 Å². The van der Waals surface area contributed by atoms with Gasteiger partial charge in [0.1, 0.15) is 11.5 Å². The standard InChI is InChI=1S/C22H19Cl2N3O2/c1-28-18-5-3-14(4-6-18)13-27-21-8-7-19(29-2)12-20(21)22(26-27)25-17-10-15(23)9-16(24)11-17/h3-12H,13H2,1-2H3,(H,25,26). The first-order chi connectivity index (χ1) is 14.1. The minimum Gasteiger partial charge on any atom is -0.497 e. The van der Waals surface area contributed by atoms with Crippen molar-refractivity contribution in [2.45, 2.75) is 6.54 Å². The number of anilines is 2. The highest BCUT2D eigenvalue weighted by molar-refractivity contribution is 6.35. The Kier molecular flexibility index (Phi) is 5.51. The van der Waals surface area contributed by atoms with Crippen LogP contribution >= 0.6 is 23.2 Å². The number of nitrogens with one attached hydrogen (secondary N) is 1. The average molecular weight is 428 g/mol. The smallest absolute Gasteiger partial charge is 0.160 e. The van der Waals surface area contributed by atoms with Crippen LogP contribution in [0.25, 0.3) is 10.9 Å². The highest BCUT2D eigenvalue weighted by Gasteiger charge is 2.13. The topological polar surface area (TPSA) is 48.3 Å². The van der Waals surface area contributed by atoms with Crippen molar-refractivity contribution in [1.29, 1.82) is 0 Å². The summed E-state index contributed by atoms with van der Waals surface area (Å²) in [6.07, 6.45) is 0. The minimum atomic E-state index is 0.555. The summed E-state index contributed by atoms with van der Waals surface area (Å²) in [5.41, 5.74) is 2.86. The molecule has 0 atom stereocenters. The van der Waals surface area contributed by atoms with E-state index in [0.717, 1.165) is 33.7 Å². The molecule has 0 aliphatic rings. The highest BCUT2D eigenvalue weighted by atomic mass is 35.5. The Hall–Kier alpha value is -2.89. The third kappa shape index (κ3) is 4.26. The summed E-state index contributed by atoms with van der Waals surface area (Å²) < 4.78 is 12.6. The quantitative estimate of drug-likeness (QED) is 0.400. The number of rotatable bonds is 6. The lowest BCUT2D eigenvalue weighted by Crippen LogP contribution is -2.02. The van der Waals surface area contributed by atoms with Gasteiger partial charge in [0, 0.05) is 21.1 Å². The number of ether oxygens (including phenoxy) is 2. The van der Waals surface area contributed by atoms with Crippen molar-refractivity contribution in [3.63, 3.8) is 0 Å². The van der Waals surface area contributed by atoms with Gasteiger partial charge in [0.2, 0.25) is 0 Å². The van der Waals surface area contributed by atoms with Crippen molar-refractivity contribution < 1.29 is 9.47 Å². The van der Waals surface area contributed by atoms with Crippen LogP contribution in [0, 0.1) is 0 Å². The van der Waals surface area contributed by atoms with Crippen LogP contribution < -0.4 is 14.8 Å². The van der Waals surface area contributed by atoms with E-state index >= 15 is 0 Å². The second-order valence-electron chi connectivity index (χ2n) is 6.52. The van der Waals surface area contributed by atoms with E-state index in [-0.39, 0.29) is 0 Å². The zero-order valence-electron chi connectivity index (χ0n) is 15.9. The van der Waals surface area contributed by atoms with Crippen LogP contribution in [0.2, 0.25) is 10.0 Å². The molecule has 0 radical (unpaired) electrons. The molecule has 4 rings (SSSR count). The van der Waals surface area contributed by atoms with Crippen LogP contribution in [0.1, 0.15) is 5.56 Å². The van der Waals surface area contributed by atoms with Gasteiger partial charge < -0.3 is 14.8 Å². The maximum atomic E-state index is 6.14. The van der Waals surface area contributed by atoms with Gasteiger partial charge in [0.05, 0.1) is 26.3 Å². The molecule has 0 fully saturated rings. The Morgan fingerprint density at radius 2 is 1.52 bits per heavy atom. The Morgan fingerprint density at radius 3 is 2.17 bits per heavy atom. The van der Waals surface area contributed by atoms with E-state index in [1.165, 1.54) is 0 Å². The highest BCUT2D eigenvalue weighted by Crippen LogP contribution is 2.31. The predicted molar refractivity (Wildman–Crippen MR) is 118 cm³/mol. The number of benzene rings is 3. The van der Waals surface area contributed by atoms with Crippen molar-refractivity contribution in [2.75, 3.05) is 19.5 Å². The van der Waals surface area contributed by atoms with Crippen LogP contribution in [0.5, 0.6) is 11.5 Å². The molecule has 1 heterocycles. The molecule has 0 saturated heterocycles. The van der Waals surface area contributed by atoms with E-state index in [1.54, 1.807) is 20.3 Å². The van der Waals surface area contributed by atoms with E-state index < -0.39 is 0 Å². The molecule has 0 saturated carbocycles. The number of fused-ring (bicyclic) bond motifs is 1. The van der Waals surface area contributed by atoms with Gasteiger partial charge in [-0.3, -0.25) is 4.68 Å². The number of nitrogens with zero attached hydrogens (tertiary/aromatic N) is 2. The largest absolute Gasteiger partial charge is 0.497 e. The molecule has 5 nitrogen and oxygen atoms in total.